The molecule has 0 aromatic heterocycles. The molecule has 3 aromatic rings. The van der Waals surface area contributed by atoms with Crippen molar-refractivity contribution in [1.29, 1.82) is 0 Å². The molecule has 4 nitrogen and oxygen atoms in total. The molecule has 158 valence electrons. The van der Waals surface area contributed by atoms with E-state index in [9.17, 15) is 14.7 Å². The average molecular weight is 434 g/mol. The van der Waals surface area contributed by atoms with E-state index < -0.39 is 11.5 Å². The molecule has 0 saturated carbocycles. The van der Waals surface area contributed by atoms with E-state index in [0.717, 1.165) is 24.0 Å². The molecule has 0 saturated heterocycles. The number of hydrogen-bond donors (Lipinski definition) is 1. The highest BCUT2D eigenvalue weighted by Crippen LogP contribution is 2.43. The summed E-state index contributed by atoms with van der Waals surface area (Å²) < 4.78 is 0. The van der Waals surface area contributed by atoms with Gasteiger partial charge in [0.05, 0.1) is 18.7 Å². The van der Waals surface area contributed by atoms with Crippen LogP contribution in [0.5, 0.6) is 0 Å². The lowest BCUT2D eigenvalue weighted by atomic mass is 9.88. The van der Waals surface area contributed by atoms with Crippen molar-refractivity contribution in [2.45, 2.75) is 38.3 Å². The molecule has 0 aliphatic carbocycles. The van der Waals surface area contributed by atoms with E-state index >= 15 is 0 Å². The molecule has 0 bridgehead atoms. The third-order valence-corrected chi connectivity index (χ3v) is 6.13. The van der Waals surface area contributed by atoms with Crippen LogP contribution in [-0.4, -0.2) is 16.8 Å². The lowest BCUT2D eigenvalue weighted by Gasteiger charge is -2.23. The van der Waals surface area contributed by atoms with Crippen LogP contribution in [0.1, 0.15) is 46.8 Å². The fourth-order valence-corrected chi connectivity index (χ4v) is 4.31. The molecule has 1 unspecified atom stereocenters. The molecule has 0 fully saturated rings. The molecule has 1 aliphatic rings. The number of anilines is 1. The molecule has 5 heteroatoms. The van der Waals surface area contributed by atoms with Crippen molar-refractivity contribution >= 4 is 29.0 Å². The lowest BCUT2D eigenvalue weighted by molar-refractivity contribution is -0.136. The second kappa shape index (κ2) is 8.66. The summed E-state index contributed by atoms with van der Waals surface area (Å²) >= 11 is 6.29. The maximum atomic E-state index is 13.4. The van der Waals surface area contributed by atoms with Crippen molar-refractivity contribution in [3.05, 3.63) is 100 Å². The van der Waals surface area contributed by atoms with E-state index in [1.54, 1.807) is 36.4 Å². The number of amides is 1. The van der Waals surface area contributed by atoms with Gasteiger partial charge in [0.15, 0.2) is 11.4 Å². The number of carbonyl (C=O) groups is 2. The van der Waals surface area contributed by atoms with Gasteiger partial charge < -0.3 is 10.0 Å². The second-order valence-corrected chi connectivity index (χ2v) is 8.31. The number of fused-ring (bicyclic) bond motifs is 1. The monoisotopic (exact) mass is 433 g/mol. The second-order valence-electron chi connectivity index (χ2n) is 7.91. The van der Waals surface area contributed by atoms with Crippen molar-refractivity contribution in [2.75, 3.05) is 4.90 Å². The van der Waals surface area contributed by atoms with Crippen molar-refractivity contribution < 1.29 is 14.7 Å². The van der Waals surface area contributed by atoms with E-state index in [4.69, 9.17) is 11.6 Å². The van der Waals surface area contributed by atoms with E-state index in [0.29, 0.717) is 21.8 Å². The van der Waals surface area contributed by atoms with Crippen LogP contribution in [0.2, 0.25) is 5.02 Å². The van der Waals surface area contributed by atoms with Crippen molar-refractivity contribution in [3.8, 4) is 0 Å². The van der Waals surface area contributed by atoms with E-state index in [2.05, 4.69) is 6.92 Å². The molecule has 1 amide bonds. The maximum Gasteiger partial charge on any atom is 0.264 e. The van der Waals surface area contributed by atoms with Crippen molar-refractivity contribution in [2.24, 2.45) is 0 Å². The van der Waals surface area contributed by atoms with E-state index in [1.165, 1.54) is 4.90 Å². The molecule has 1 heterocycles. The summed E-state index contributed by atoms with van der Waals surface area (Å²) in [6, 6.07) is 21.7. The molecule has 0 spiro atoms. The number of halogens is 1. The Morgan fingerprint density at radius 2 is 1.68 bits per heavy atom. The summed E-state index contributed by atoms with van der Waals surface area (Å²) in [7, 11) is 0. The normalized spacial score (nSPS) is 17.6. The van der Waals surface area contributed by atoms with Gasteiger partial charge in [-0.2, -0.15) is 0 Å². The van der Waals surface area contributed by atoms with Gasteiger partial charge in [0.25, 0.3) is 5.91 Å². The Kier molecular flexibility index (Phi) is 5.94. The molecule has 0 radical (unpaired) electrons. The van der Waals surface area contributed by atoms with Crippen LogP contribution in [0, 0.1) is 0 Å². The molecular formula is C26H24ClNO3. The minimum Gasteiger partial charge on any atom is -0.375 e. The zero-order valence-corrected chi connectivity index (χ0v) is 18.1. The summed E-state index contributed by atoms with van der Waals surface area (Å²) in [5, 5.41) is 12.0. The summed E-state index contributed by atoms with van der Waals surface area (Å²) in [5.41, 5.74) is 1.56. The standard InChI is InChI=1S/C26H24ClNO3/c1-2-7-18-12-14-19(15-13-18)24(29)16-26(31)21-9-4-6-11-23(21)28(25(26)30)17-20-8-3-5-10-22(20)27/h3-6,8-15,31H,2,7,16-17H2,1H3. The highest BCUT2D eigenvalue weighted by Gasteiger charge is 2.50. The first-order valence-corrected chi connectivity index (χ1v) is 10.8. The molecule has 31 heavy (non-hydrogen) atoms. The van der Waals surface area contributed by atoms with Gasteiger partial charge in [-0.25, -0.2) is 0 Å². The highest BCUT2D eigenvalue weighted by atomic mass is 35.5. The number of Topliss-reactive ketones (excluding diaryl/α,β-unsaturated/α-hetero) is 1. The first kappa shape index (κ1) is 21.3. The van der Waals surface area contributed by atoms with E-state index in [-0.39, 0.29) is 18.7 Å². The van der Waals surface area contributed by atoms with Gasteiger partial charge >= 0.3 is 0 Å². The first-order valence-electron chi connectivity index (χ1n) is 10.4. The number of nitrogens with zero attached hydrogens (tertiary/aromatic N) is 1. The predicted octanol–water partition coefficient (Wildman–Crippen LogP) is 5.30. The van der Waals surface area contributed by atoms with Crippen LogP contribution >= 0.6 is 11.6 Å². The third-order valence-electron chi connectivity index (χ3n) is 5.76. The number of hydrogen-bond acceptors (Lipinski definition) is 3. The van der Waals surface area contributed by atoms with Crippen LogP contribution in [0.25, 0.3) is 0 Å². The van der Waals surface area contributed by atoms with Crippen LogP contribution in [0.4, 0.5) is 5.69 Å². The van der Waals surface area contributed by atoms with Gasteiger partial charge in [-0.15, -0.1) is 0 Å². The van der Waals surface area contributed by atoms with Crippen LogP contribution in [0.3, 0.4) is 0 Å². The molecule has 1 atom stereocenters. The molecule has 3 aromatic carbocycles. The van der Waals surface area contributed by atoms with Gasteiger partial charge in [0, 0.05) is 16.1 Å². The van der Waals surface area contributed by atoms with Gasteiger partial charge in [-0.1, -0.05) is 85.6 Å². The fraction of sp³-hybridized carbons (Fsp3) is 0.231. The fourth-order valence-electron chi connectivity index (χ4n) is 4.11. The van der Waals surface area contributed by atoms with E-state index in [1.807, 2.05) is 36.4 Å². The van der Waals surface area contributed by atoms with Gasteiger partial charge in [-0.05, 0) is 29.7 Å². The Morgan fingerprint density at radius 3 is 2.39 bits per heavy atom. The maximum absolute atomic E-state index is 13.4. The highest BCUT2D eigenvalue weighted by molar-refractivity contribution is 6.31. The Balaban J connectivity index is 1.63. The van der Waals surface area contributed by atoms with Crippen molar-refractivity contribution in [1.82, 2.24) is 0 Å². The lowest BCUT2D eigenvalue weighted by Crippen LogP contribution is -2.41. The molecule has 4 rings (SSSR count). The van der Waals surface area contributed by atoms with Gasteiger partial charge in [-0.3, -0.25) is 9.59 Å². The largest absolute Gasteiger partial charge is 0.375 e. The Bertz CT molecular complexity index is 1130. The summed E-state index contributed by atoms with van der Waals surface area (Å²) in [4.78, 5) is 27.9. The first-order chi connectivity index (χ1) is 14.9. The number of aliphatic hydroxyl groups is 1. The Morgan fingerprint density at radius 1 is 1.00 bits per heavy atom. The number of para-hydroxylation sites is 1. The van der Waals surface area contributed by atoms with Crippen molar-refractivity contribution in [3.63, 3.8) is 0 Å². The summed E-state index contributed by atoms with van der Waals surface area (Å²) in [6.45, 7) is 2.32. The number of carbonyl (C=O) groups excluding carboxylic acids is 2. The summed E-state index contributed by atoms with van der Waals surface area (Å²) in [6.07, 6.45) is 1.66. The smallest absolute Gasteiger partial charge is 0.264 e. The molecule has 1 aliphatic heterocycles. The predicted molar refractivity (Wildman–Crippen MR) is 122 cm³/mol. The zero-order valence-electron chi connectivity index (χ0n) is 17.3. The zero-order chi connectivity index (χ0) is 22.0. The number of aryl methyl sites for hydroxylation is 1. The summed E-state index contributed by atoms with van der Waals surface area (Å²) in [5.74, 6) is -0.780. The molecular weight excluding hydrogens is 410 g/mol. The van der Waals surface area contributed by atoms with Crippen LogP contribution < -0.4 is 4.90 Å². The minimum atomic E-state index is -1.91. The van der Waals surface area contributed by atoms with Gasteiger partial charge in [0.2, 0.25) is 0 Å². The Labute approximate surface area is 187 Å². The average Bonchev–Trinajstić information content (AvgIpc) is 2.98. The van der Waals surface area contributed by atoms with Crippen LogP contribution in [0.15, 0.2) is 72.8 Å². The Hall–Kier alpha value is -2.95. The number of benzene rings is 3. The number of ketones is 1. The minimum absolute atomic E-state index is 0.220. The van der Waals surface area contributed by atoms with Crippen LogP contribution in [-0.2, 0) is 23.4 Å². The quantitative estimate of drug-likeness (QED) is 0.514. The number of rotatable bonds is 7. The molecule has 1 N–H and O–H groups in total. The SMILES string of the molecule is CCCc1ccc(C(=O)CC2(O)C(=O)N(Cc3ccccc3Cl)c3ccccc32)cc1. The topological polar surface area (TPSA) is 57.6 Å². The third kappa shape index (κ3) is 4.01. The van der Waals surface area contributed by atoms with Gasteiger partial charge in [0.1, 0.15) is 0 Å².